The lowest BCUT2D eigenvalue weighted by atomic mass is 9.81. The number of esters is 2. The lowest BCUT2D eigenvalue weighted by Crippen LogP contribution is -2.40. The number of nitrogens with two attached hydrogens (primary N) is 1. The molecule has 4 aromatic rings. The molecule has 3 aromatic carbocycles. The Morgan fingerprint density at radius 1 is 1.02 bits per heavy atom. The zero-order valence-corrected chi connectivity index (χ0v) is 21.7. The van der Waals surface area contributed by atoms with Gasteiger partial charge in [0.2, 0.25) is 0 Å². The first-order valence-electron chi connectivity index (χ1n) is 12.2. The number of hydrogen-bond acceptors (Lipinski definition) is 8. The molecule has 2 heterocycles. The molecule has 1 aliphatic heterocycles. The van der Waals surface area contributed by atoms with Gasteiger partial charge in [0, 0.05) is 11.1 Å². The van der Waals surface area contributed by atoms with Gasteiger partial charge >= 0.3 is 11.9 Å². The Hall–Kier alpha value is -5.43. The molecule has 9 nitrogen and oxygen atoms in total. The van der Waals surface area contributed by atoms with E-state index in [1.165, 1.54) is 31.3 Å². The second-order valence-electron chi connectivity index (χ2n) is 9.01. The number of halogens is 1. The first kappa shape index (κ1) is 26.2. The molecule has 0 fully saturated rings. The fourth-order valence-electron chi connectivity index (χ4n) is 4.93. The van der Waals surface area contributed by atoms with Gasteiger partial charge < -0.3 is 15.2 Å². The number of methoxy groups -OCH3 is 2. The minimum Gasteiger partial charge on any atom is -0.466 e. The molecule has 0 aliphatic carbocycles. The standard InChI is InChI=1S/C30H24FN5O4/c1-39-29(37)26-25(19-8-4-3-5-9-19)23(15-32)28(33)36(27(26)30(38)40-2)22-11-12-24-20(14-22)16-34-35(24)17-18-7-6-10-21(31)13-18/h3-14,16,25H,17,33H2,1-2H3. The minimum absolute atomic E-state index is 0.0316. The number of rotatable bonds is 6. The Bertz CT molecular complexity index is 1740. The molecule has 2 N–H and O–H groups in total. The Balaban J connectivity index is 1.68. The molecule has 10 heteroatoms. The summed E-state index contributed by atoms with van der Waals surface area (Å²) in [6.45, 7) is 0.337. The molecule has 200 valence electrons. The minimum atomic E-state index is -0.957. The molecule has 1 unspecified atom stereocenters. The predicted molar refractivity (Wildman–Crippen MR) is 145 cm³/mol. The molecule has 1 aromatic heterocycles. The van der Waals surface area contributed by atoms with Crippen molar-refractivity contribution in [2.24, 2.45) is 5.73 Å². The maximum absolute atomic E-state index is 13.7. The Morgan fingerprint density at radius 3 is 2.45 bits per heavy atom. The number of nitriles is 1. The van der Waals surface area contributed by atoms with Crippen LogP contribution in [0.4, 0.5) is 10.1 Å². The second-order valence-corrected chi connectivity index (χ2v) is 9.01. The summed E-state index contributed by atoms with van der Waals surface area (Å²) in [6, 6.07) is 22.4. The highest BCUT2D eigenvalue weighted by atomic mass is 19.1. The average Bonchev–Trinajstić information content (AvgIpc) is 3.37. The Labute approximate surface area is 229 Å². The van der Waals surface area contributed by atoms with Gasteiger partial charge in [-0.05, 0) is 41.5 Å². The van der Waals surface area contributed by atoms with Gasteiger partial charge in [-0.25, -0.2) is 14.0 Å². The van der Waals surface area contributed by atoms with Gasteiger partial charge in [0.25, 0.3) is 0 Å². The van der Waals surface area contributed by atoms with Crippen LogP contribution in [0.1, 0.15) is 17.0 Å². The van der Waals surface area contributed by atoms with Gasteiger partial charge in [-0.1, -0.05) is 42.5 Å². The number of hydrogen-bond donors (Lipinski definition) is 1. The third-order valence-electron chi connectivity index (χ3n) is 6.72. The van der Waals surface area contributed by atoms with Crippen molar-refractivity contribution in [2.45, 2.75) is 12.5 Å². The van der Waals surface area contributed by atoms with Crippen molar-refractivity contribution in [3.63, 3.8) is 0 Å². The monoisotopic (exact) mass is 537 g/mol. The van der Waals surface area contributed by atoms with E-state index in [2.05, 4.69) is 11.2 Å². The van der Waals surface area contributed by atoms with E-state index in [-0.39, 0.29) is 28.5 Å². The molecular formula is C30H24FN5O4. The largest absolute Gasteiger partial charge is 0.466 e. The summed E-state index contributed by atoms with van der Waals surface area (Å²) in [5.74, 6) is -2.96. The third kappa shape index (κ3) is 4.54. The highest BCUT2D eigenvalue weighted by Gasteiger charge is 2.43. The first-order valence-corrected chi connectivity index (χ1v) is 12.2. The number of benzene rings is 3. The molecular weight excluding hydrogens is 513 g/mol. The number of aromatic nitrogens is 2. The van der Waals surface area contributed by atoms with Gasteiger partial charge in [-0.2, -0.15) is 10.4 Å². The molecule has 0 saturated carbocycles. The zero-order chi connectivity index (χ0) is 28.4. The van der Waals surface area contributed by atoms with Crippen LogP contribution in [0, 0.1) is 17.1 Å². The van der Waals surface area contributed by atoms with E-state index in [1.54, 1.807) is 71.5 Å². The topological polar surface area (TPSA) is 123 Å². The van der Waals surface area contributed by atoms with Crippen molar-refractivity contribution in [3.05, 3.63) is 119 Å². The normalized spacial score (nSPS) is 15.2. The summed E-state index contributed by atoms with van der Waals surface area (Å²) in [4.78, 5) is 27.8. The average molecular weight is 538 g/mol. The summed E-state index contributed by atoms with van der Waals surface area (Å²) in [5, 5.41) is 15.3. The van der Waals surface area contributed by atoms with E-state index in [0.717, 1.165) is 11.1 Å². The zero-order valence-electron chi connectivity index (χ0n) is 21.7. The van der Waals surface area contributed by atoms with Gasteiger partial charge in [0.15, 0.2) is 0 Å². The summed E-state index contributed by atoms with van der Waals surface area (Å²) < 4.78 is 25.6. The van der Waals surface area contributed by atoms with E-state index in [4.69, 9.17) is 15.2 Å². The Morgan fingerprint density at radius 2 is 1.77 bits per heavy atom. The molecule has 5 rings (SSSR count). The molecule has 1 atom stereocenters. The Kier molecular flexibility index (Phi) is 7.03. The van der Waals surface area contributed by atoms with E-state index >= 15 is 0 Å². The van der Waals surface area contributed by atoms with Crippen molar-refractivity contribution in [1.82, 2.24) is 9.78 Å². The van der Waals surface area contributed by atoms with Crippen LogP contribution in [0.5, 0.6) is 0 Å². The fraction of sp³-hybridized carbons (Fsp3) is 0.133. The molecule has 0 bridgehead atoms. The van der Waals surface area contributed by atoms with Crippen LogP contribution in [0.2, 0.25) is 0 Å². The second kappa shape index (κ2) is 10.7. The number of carbonyl (C=O) groups excluding carboxylic acids is 2. The summed E-state index contributed by atoms with van der Waals surface area (Å²) >= 11 is 0. The lowest BCUT2D eigenvalue weighted by molar-refractivity contribution is -0.139. The van der Waals surface area contributed by atoms with E-state index in [1.807, 2.05) is 0 Å². The van der Waals surface area contributed by atoms with Crippen LogP contribution in [0.25, 0.3) is 10.9 Å². The van der Waals surface area contributed by atoms with Gasteiger partial charge in [-0.3, -0.25) is 9.58 Å². The first-order chi connectivity index (χ1) is 19.4. The number of anilines is 1. The van der Waals surface area contributed by atoms with Crippen molar-refractivity contribution in [2.75, 3.05) is 19.1 Å². The fourth-order valence-corrected chi connectivity index (χ4v) is 4.93. The summed E-state index contributed by atoms with van der Waals surface area (Å²) in [6.07, 6.45) is 1.63. The van der Waals surface area contributed by atoms with Gasteiger partial charge in [0.05, 0.1) is 55.6 Å². The summed E-state index contributed by atoms with van der Waals surface area (Å²) in [5.41, 5.74) is 8.87. The molecule has 0 radical (unpaired) electrons. The van der Waals surface area contributed by atoms with Crippen molar-refractivity contribution in [1.29, 1.82) is 5.26 Å². The smallest absolute Gasteiger partial charge is 0.355 e. The van der Waals surface area contributed by atoms with Gasteiger partial charge in [0.1, 0.15) is 17.3 Å². The van der Waals surface area contributed by atoms with Crippen LogP contribution in [0.3, 0.4) is 0 Å². The van der Waals surface area contributed by atoms with Crippen LogP contribution < -0.4 is 10.6 Å². The van der Waals surface area contributed by atoms with Crippen LogP contribution >= 0.6 is 0 Å². The lowest BCUT2D eigenvalue weighted by Gasteiger charge is -2.35. The van der Waals surface area contributed by atoms with E-state index in [0.29, 0.717) is 23.2 Å². The van der Waals surface area contributed by atoms with Crippen LogP contribution in [-0.4, -0.2) is 35.9 Å². The number of ether oxygens (including phenoxy) is 2. The number of carbonyl (C=O) groups is 2. The van der Waals surface area contributed by atoms with Crippen LogP contribution in [0.15, 0.2) is 102 Å². The van der Waals surface area contributed by atoms with Crippen molar-refractivity contribution < 1.29 is 23.5 Å². The van der Waals surface area contributed by atoms with Crippen molar-refractivity contribution >= 4 is 28.5 Å². The molecule has 0 saturated heterocycles. The van der Waals surface area contributed by atoms with E-state index in [9.17, 15) is 19.2 Å². The number of fused-ring (bicyclic) bond motifs is 1. The molecule has 0 spiro atoms. The SMILES string of the molecule is COC(=O)C1=C(C(=O)OC)N(c2ccc3c(cnn3Cc3cccc(F)c3)c2)C(N)=C(C#N)C1c1ccccc1. The highest BCUT2D eigenvalue weighted by Crippen LogP contribution is 2.43. The molecule has 0 amide bonds. The highest BCUT2D eigenvalue weighted by molar-refractivity contribution is 6.06. The van der Waals surface area contributed by atoms with E-state index < -0.39 is 17.9 Å². The van der Waals surface area contributed by atoms with Crippen LogP contribution in [-0.2, 0) is 25.6 Å². The molecule has 40 heavy (non-hydrogen) atoms. The quantitative estimate of drug-likeness (QED) is 0.365. The van der Waals surface area contributed by atoms with Gasteiger partial charge in [-0.15, -0.1) is 0 Å². The number of nitrogens with zero attached hydrogens (tertiary/aromatic N) is 4. The third-order valence-corrected chi connectivity index (χ3v) is 6.72. The molecule has 1 aliphatic rings. The maximum Gasteiger partial charge on any atom is 0.355 e. The maximum atomic E-state index is 13.7. The van der Waals surface area contributed by atoms with Crippen molar-refractivity contribution in [3.8, 4) is 6.07 Å². The predicted octanol–water partition coefficient (Wildman–Crippen LogP) is 4.12. The summed E-state index contributed by atoms with van der Waals surface area (Å²) in [7, 11) is 2.39. The number of allylic oxidation sites excluding steroid dienone is 1.